The highest BCUT2D eigenvalue weighted by atomic mass is 16.5. The summed E-state index contributed by atoms with van der Waals surface area (Å²) in [6.45, 7) is 2.84. The molecule has 0 spiro atoms. The minimum absolute atomic E-state index is 0.127. The molecular formula is C23H28N2O3. The van der Waals surface area contributed by atoms with Gasteiger partial charge in [-0.05, 0) is 61.2 Å². The lowest BCUT2D eigenvalue weighted by molar-refractivity contribution is -0.129. The van der Waals surface area contributed by atoms with Crippen molar-refractivity contribution in [1.82, 2.24) is 5.32 Å². The highest BCUT2D eigenvalue weighted by Gasteiger charge is 2.45. The maximum Gasteiger partial charge on any atom is 0.255 e. The lowest BCUT2D eigenvalue weighted by atomic mass is 9.63. The van der Waals surface area contributed by atoms with Crippen molar-refractivity contribution in [3.05, 3.63) is 59.7 Å². The monoisotopic (exact) mass is 380 g/mol. The number of hydrogen-bond donors (Lipinski definition) is 2. The molecule has 5 nitrogen and oxygen atoms in total. The summed E-state index contributed by atoms with van der Waals surface area (Å²) in [7, 11) is 1.59. The standard InChI is InChI=1S/C23H28N2O3/c1-3-4-16-24-22(27)23(14-5-15-23)18-8-10-19(11-9-18)25-21(26)17-6-12-20(28-2)13-7-17/h6-13H,3-5,14-16H2,1-2H3,(H,24,27)(H,25,26). The molecule has 28 heavy (non-hydrogen) atoms. The zero-order chi connectivity index (χ0) is 20.0. The molecule has 3 rings (SSSR count). The highest BCUT2D eigenvalue weighted by Crippen LogP contribution is 2.44. The molecule has 1 aliphatic carbocycles. The van der Waals surface area contributed by atoms with Gasteiger partial charge in [-0.15, -0.1) is 0 Å². The first-order valence-corrected chi connectivity index (χ1v) is 9.93. The summed E-state index contributed by atoms with van der Waals surface area (Å²) >= 11 is 0. The summed E-state index contributed by atoms with van der Waals surface area (Å²) in [6, 6.07) is 14.6. The van der Waals surface area contributed by atoms with Crippen LogP contribution in [0.5, 0.6) is 5.75 Å². The van der Waals surface area contributed by atoms with E-state index in [1.807, 2.05) is 24.3 Å². The van der Waals surface area contributed by atoms with Gasteiger partial charge in [0.2, 0.25) is 5.91 Å². The Morgan fingerprint density at radius 1 is 1.04 bits per heavy atom. The Bertz CT molecular complexity index is 809. The molecule has 148 valence electrons. The molecule has 0 unspecified atom stereocenters. The van der Waals surface area contributed by atoms with Gasteiger partial charge in [0.25, 0.3) is 5.91 Å². The molecule has 2 N–H and O–H groups in total. The maximum atomic E-state index is 12.7. The average Bonchev–Trinajstić information content (AvgIpc) is 2.68. The van der Waals surface area contributed by atoms with Crippen molar-refractivity contribution >= 4 is 17.5 Å². The number of carbonyl (C=O) groups excluding carboxylic acids is 2. The van der Waals surface area contributed by atoms with Gasteiger partial charge in [-0.25, -0.2) is 0 Å². The van der Waals surface area contributed by atoms with Crippen molar-refractivity contribution in [3.63, 3.8) is 0 Å². The molecule has 2 aromatic rings. The smallest absolute Gasteiger partial charge is 0.255 e. The number of nitrogens with one attached hydrogen (secondary N) is 2. The zero-order valence-corrected chi connectivity index (χ0v) is 16.6. The van der Waals surface area contributed by atoms with Gasteiger partial charge in [-0.1, -0.05) is 31.9 Å². The van der Waals surface area contributed by atoms with E-state index in [0.717, 1.165) is 44.2 Å². The van der Waals surface area contributed by atoms with Gasteiger partial charge in [0.05, 0.1) is 12.5 Å². The topological polar surface area (TPSA) is 67.4 Å². The third-order valence-corrected chi connectivity index (χ3v) is 5.51. The van der Waals surface area contributed by atoms with Crippen LogP contribution in [0.4, 0.5) is 5.69 Å². The quantitative estimate of drug-likeness (QED) is 0.672. The van der Waals surface area contributed by atoms with Crippen LogP contribution in [0.2, 0.25) is 0 Å². The van der Waals surface area contributed by atoms with E-state index in [0.29, 0.717) is 17.0 Å². The van der Waals surface area contributed by atoms with E-state index in [2.05, 4.69) is 17.6 Å². The molecule has 2 amide bonds. The lowest BCUT2D eigenvalue weighted by Crippen LogP contribution is -2.49. The fourth-order valence-electron chi connectivity index (χ4n) is 3.54. The van der Waals surface area contributed by atoms with E-state index in [1.54, 1.807) is 31.4 Å². The highest BCUT2D eigenvalue weighted by molar-refractivity contribution is 6.04. The van der Waals surface area contributed by atoms with E-state index in [4.69, 9.17) is 4.74 Å². The first kappa shape index (κ1) is 19.9. The first-order valence-electron chi connectivity index (χ1n) is 9.93. The Labute approximate surface area is 166 Å². The molecule has 1 saturated carbocycles. The second-order valence-corrected chi connectivity index (χ2v) is 7.31. The van der Waals surface area contributed by atoms with Gasteiger partial charge < -0.3 is 15.4 Å². The van der Waals surface area contributed by atoms with E-state index in [-0.39, 0.29) is 11.8 Å². The molecule has 0 saturated heterocycles. The number of rotatable bonds is 8. The summed E-state index contributed by atoms with van der Waals surface area (Å²) in [4.78, 5) is 25.1. The summed E-state index contributed by atoms with van der Waals surface area (Å²) < 4.78 is 5.11. The average molecular weight is 380 g/mol. The van der Waals surface area contributed by atoms with Gasteiger partial charge in [0.15, 0.2) is 0 Å². The Morgan fingerprint density at radius 3 is 2.25 bits per heavy atom. The molecule has 0 aliphatic heterocycles. The first-order chi connectivity index (χ1) is 13.6. The van der Waals surface area contributed by atoms with Crippen LogP contribution in [0, 0.1) is 0 Å². The second kappa shape index (κ2) is 8.91. The van der Waals surface area contributed by atoms with Crippen LogP contribution in [-0.4, -0.2) is 25.5 Å². The summed E-state index contributed by atoms with van der Waals surface area (Å²) in [5.41, 5.74) is 1.89. The molecule has 0 heterocycles. The molecule has 0 radical (unpaired) electrons. The molecule has 0 atom stereocenters. The number of unbranched alkanes of at least 4 members (excludes halogenated alkanes) is 1. The summed E-state index contributed by atoms with van der Waals surface area (Å²) in [6.07, 6.45) is 4.89. The van der Waals surface area contributed by atoms with Crippen molar-refractivity contribution in [2.75, 3.05) is 19.0 Å². The van der Waals surface area contributed by atoms with E-state index >= 15 is 0 Å². The fraction of sp³-hybridized carbons (Fsp3) is 0.391. The third kappa shape index (κ3) is 4.19. The van der Waals surface area contributed by atoms with Crippen molar-refractivity contribution < 1.29 is 14.3 Å². The van der Waals surface area contributed by atoms with Crippen LogP contribution >= 0.6 is 0 Å². The molecular weight excluding hydrogens is 352 g/mol. The number of ether oxygens (including phenoxy) is 1. The van der Waals surface area contributed by atoms with E-state index in [9.17, 15) is 9.59 Å². The van der Waals surface area contributed by atoms with Crippen LogP contribution in [0.15, 0.2) is 48.5 Å². The largest absolute Gasteiger partial charge is 0.497 e. The Kier molecular flexibility index (Phi) is 6.34. The van der Waals surface area contributed by atoms with Crippen LogP contribution in [0.1, 0.15) is 54.9 Å². The third-order valence-electron chi connectivity index (χ3n) is 5.51. The predicted molar refractivity (Wildman–Crippen MR) is 111 cm³/mol. The second-order valence-electron chi connectivity index (χ2n) is 7.31. The number of benzene rings is 2. The van der Waals surface area contributed by atoms with Gasteiger partial charge >= 0.3 is 0 Å². The lowest BCUT2D eigenvalue weighted by Gasteiger charge is -2.40. The van der Waals surface area contributed by atoms with Crippen molar-refractivity contribution in [2.45, 2.75) is 44.4 Å². The zero-order valence-electron chi connectivity index (χ0n) is 16.6. The van der Waals surface area contributed by atoms with Crippen LogP contribution in [0.3, 0.4) is 0 Å². The number of carbonyl (C=O) groups is 2. The molecule has 5 heteroatoms. The van der Waals surface area contributed by atoms with Crippen molar-refractivity contribution in [1.29, 1.82) is 0 Å². The number of amides is 2. The van der Waals surface area contributed by atoms with Gasteiger partial charge in [-0.2, -0.15) is 0 Å². The fourth-order valence-corrected chi connectivity index (χ4v) is 3.54. The minimum atomic E-state index is -0.410. The molecule has 1 fully saturated rings. The molecule has 2 aromatic carbocycles. The summed E-state index contributed by atoms with van der Waals surface area (Å²) in [5.74, 6) is 0.664. The van der Waals surface area contributed by atoms with Crippen molar-refractivity contribution in [2.24, 2.45) is 0 Å². The number of hydrogen-bond acceptors (Lipinski definition) is 3. The Morgan fingerprint density at radius 2 is 1.71 bits per heavy atom. The molecule has 1 aliphatic rings. The molecule has 0 aromatic heterocycles. The Balaban J connectivity index is 1.66. The van der Waals surface area contributed by atoms with Crippen LogP contribution in [0.25, 0.3) is 0 Å². The number of methoxy groups -OCH3 is 1. The van der Waals surface area contributed by atoms with Gasteiger partial charge in [0.1, 0.15) is 5.75 Å². The molecule has 0 bridgehead atoms. The summed E-state index contributed by atoms with van der Waals surface area (Å²) in [5, 5.41) is 5.98. The van der Waals surface area contributed by atoms with Crippen molar-refractivity contribution in [3.8, 4) is 5.75 Å². The minimum Gasteiger partial charge on any atom is -0.497 e. The normalized spacial score (nSPS) is 14.6. The number of anilines is 1. The maximum absolute atomic E-state index is 12.7. The van der Waals surface area contributed by atoms with E-state index < -0.39 is 5.41 Å². The SMILES string of the molecule is CCCCNC(=O)C1(c2ccc(NC(=O)c3ccc(OC)cc3)cc2)CCC1. The predicted octanol–water partition coefficient (Wildman–Crippen LogP) is 4.29. The van der Waals surface area contributed by atoms with Crippen LogP contribution in [-0.2, 0) is 10.2 Å². The Hall–Kier alpha value is -2.82. The van der Waals surface area contributed by atoms with Gasteiger partial charge in [-0.3, -0.25) is 9.59 Å². The van der Waals surface area contributed by atoms with E-state index in [1.165, 1.54) is 0 Å². The van der Waals surface area contributed by atoms with Crippen LogP contribution < -0.4 is 15.4 Å². The van der Waals surface area contributed by atoms with Gasteiger partial charge in [0, 0.05) is 17.8 Å².